The molecule has 3 rings (SSSR count). The highest BCUT2D eigenvalue weighted by molar-refractivity contribution is 7.13. The first kappa shape index (κ1) is 12.6. The van der Waals surface area contributed by atoms with Crippen molar-refractivity contribution in [3.63, 3.8) is 0 Å². The zero-order valence-electron chi connectivity index (χ0n) is 10.6. The molecule has 0 atom stereocenters. The summed E-state index contributed by atoms with van der Waals surface area (Å²) < 4.78 is 0.873. The highest BCUT2D eigenvalue weighted by Gasteiger charge is 2.02. The summed E-state index contributed by atoms with van der Waals surface area (Å²) in [4.78, 5) is 4.26. The van der Waals surface area contributed by atoms with Gasteiger partial charge < -0.3 is 5.21 Å². The van der Waals surface area contributed by atoms with Gasteiger partial charge in [0.25, 0.3) is 0 Å². The minimum absolute atomic E-state index is 0.622. The van der Waals surface area contributed by atoms with Gasteiger partial charge in [0.15, 0.2) is 6.21 Å². The molecule has 3 aromatic rings. The molecule has 0 amide bonds. The van der Waals surface area contributed by atoms with Crippen molar-refractivity contribution < 1.29 is 4.74 Å². The van der Waals surface area contributed by atoms with Gasteiger partial charge in [-0.15, -0.1) is 11.3 Å². The molecule has 98 valence electrons. The molecule has 0 unspecified atom stereocenters. The van der Waals surface area contributed by atoms with Crippen molar-refractivity contribution in [2.45, 2.75) is 0 Å². The number of hydrogen-bond donors (Lipinski definition) is 0. The Bertz CT molecular complexity index is 704. The van der Waals surface area contributed by atoms with Crippen molar-refractivity contribution in [1.29, 1.82) is 0 Å². The van der Waals surface area contributed by atoms with Gasteiger partial charge in [-0.05, 0) is 12.1 Å². The maximum absolute atomic E-state index is 12.0. The van der Waals surface area contributed by atoms with E-state index in [0.717, 1.165) is 20.9 Å². The van der Waals surface area contributed by atoms with Gasteiger partial charge in [0.05, 0.1) is 0 Å². The first-order valence-corrected chi connectivity index (χ1v) is 7.07. The van der Waals surface area contributed by atoms with Gasteiger partial charge in [0, 0.05) is 34.8 Å². The largest absolute Gasteiger partial charge is 0.618 e. The molecular formula is C16H12N2OS. The number of rotatable bonds is 3. The molecule has 2 aromatic carbocycles. The summed E-state index contributed by atoms with van der Waals surface area (Å²) in [7, 11) is 0. The van der Waals surface area contributed by atoms with E-state index in [2.05, 4.69) is 4.98 Å². The Balaban J connectivity index is 1.85. The maximum Gasteiger partial charge on any atom is 0.216 e. The number of benzene rings is 2. The lowest BCUT2D eigenvalue weighted by Crippen LogP contribution is -1.98. The van der Waals surface area contributed by atoms with E-state index in [1.54, 1.807) is 35.9 Å². The fourth-order valence-electron chi connectivity index (χ4n) is 1.86. The lowest BCUT2D eigenvalue weighted by Gasteiger charge is -2.02. The molecule has 0 radical (unpaired) electrons. The summed E-state index contributed by atoms with van der Waals surface area (Å²) >= 11 is 1.60. The quantitative estimate of drug-likeness (QED) is 0.314. The number of nitrogens with zero attached hydrogens (tertiary/aromatic N) is 2. The number of para-hydroxylation sites is 1. The Labute approximate surface area is 121 Å². The van der Waals surface area contributed by atoms with Crippen molar-refractivity contribution >= 4 is 23.2 Å². The maximum atomic E-state index is 12.0. The average Bonchev–Trinajstić information content (AvgIpc) is 3.03. The van der Waals surface area contributed by atoms with Crippen LogP contribution in [-0.2, 0) is 0 Å². The lowest BCUT2D eigenvalue weighted by molar-refractivity contribution is -0.354. The molecule has 1 aromatic heterocycles. The molecule has 4 heteroatoms. The van der Waals surface area contributed by atoms with Crippen LogP contribution in [0.25, 0.3) is 10.6 Å². The topological polar surface area (TPSA) is 39.0 Å². The molecular weight excluding hydrogens is 268 g/mol. The van der Waals surface area contributed by atoms with Gasteiger partial charge in [-0.1, -0.05) is 30.3 Å². The molecule has 20 heavy (non-hydrogen) atoms. The van der Waals surface area contributed by atoms with Crippen LogP contribution in [0.5, 0.6) is 0 Å². The lowest BCUT2D eigenvalue weighted by atomic mass is 10.1. The Hall–Kier alpha value is -2.46. The van der Waals surface area contributed by atoms with Gasteiger partial charge in [-0.25, -0.2) is 4.98 Å². The normalized spacial score (nSPS) is 11.5. The van der Waals surface area contributed by atoms with Crippen LogP contribution in [0.3, 0.4) is 0 Å². The van der Waals surface area contributed by atoms with Crippen LogP contribution in [0.4, 0.5) is 5.69 Å². The Morgan fingerprint density at radius 2 is 1.75 bits per heavy atom. The fourth-order valence-corrected chi connectivity index (χ4v) is 2.51. The highest BCUT2D eigenvalue weighted by atomic mass is 32.1. The molecule has 0 saturated heterocycles. The summed E-state index contributed by atoms with van der Waals surface area (Å²) in [6.07, 6.45) is 3.36. The zero-order valence-corrected chi connectivity index (χ0v) is 11.5. The molecule has 0 aliphatic heterocycles. The molecule has 0 aliphatic carbocycles. The first-order chi connectivity index (χ1) is 9.83. The molecule has 0 saturated carbocycles. The molecule has 3 nitrogen and oxygen atoms in total. The highest BCUT2D eigenvalue weighted by Crippen LogP contribution is 2.21. The Kier molecular flexibility index (Phi) is 3.56. The van der Waals surface area contributed by atoms with E-state index in [4.69, 9.17) is 0 Å². The van der Waals surface area contributed by atoms with E-state index in [9.17, 15) is 5.21 Å². The average molecular weight is 280 g/mol. The van der Waals surface area contributed by atoms with E-state index in [1.165, 1.54) is 0 Å². The van der Waals surface area contributed by atoms with Gasteiger partial charge in [-0.3, -0.25) is 0 Å². The van der Waals surface area contributed by atoms with Gasteiger partial charge >= 0.3 is 0 Å². The van der Waals surface area contributed by atoms with Crippen molar-refractivity contribution in [3.05, 3.63) is 76.9 Å². The molecule has 1 heterocycles. The van der Waals surface area contributed by atoms with Crippen LogP contribution < -0.4 is 0 Å². The van der Waals surface area contributed by atoms with Gasteiger partial charge in [-0.2, -0.15) is 4.74 Å². The second-order valence-electron chi connectivity index (χ2n) is 4.25. The number of aromatic nitrogens is 1. The zero-order chi connectivity index (χ0) is 13.8. The smallest absolute Gasteiger partial charge is 0.216 e. The van der Waals surface area contributed by atoms with Crippen LogP contribution in [0.2, 0.25) is 0 Å². The second kappa shape index (κ2) is 5.67. The molecule has 0 bridgehead atoms. The van der Waals surface area contributed by atoms with Crippen LogP contribution in [0.1, 0.15) is 5.56 Å². The molecule has 0 aliphatic rings. The standard InChI is InChI=1S/C16H12N2OS/c19-18(15-4-2-1-3-5-15)12-13-6-8-14(9-7-13)16-17-10-11-20-16/h1-12H. The van der Waals surface area contributed by atoms with Crippen LogP contribution in [-0.4, -0.2) is 15.9 Å². The minimum Gasteiger partial charge on any atom is -0.618 e. The van der Waals surface area contributed by atoms with Gasteiger partial charge in [0.2, 0.25) is 5.69 Å². The summed E-state index contributed by atoms with van der Waals surface area (Å²) in [5, 5.41) is 14.9. The predicted molar refractivity (Wildman–Crippen MR) is 82.4 cm³/mol. The molecule has 0 fully saturated rings. The number of thiazole rings is 1. The third kappa shape index (κ3) is 2.75. The van der Waals surface area contributed by atoms with Crippen molar-refractivity contribution in [3.8, 4) is 10.6 Å². The van der Waals surface area contributed by atoms with E-state index in [1.807, 2.05) is 47.8 Å². The van der Waals surface area contributed by atoms with Crippen LogP contribution >= 0.6 is 11.3 Å². The van der Waals surface area contributed by atoms with E-state index in [-0.39, 0.29) is 0 Å². The summed E-state index contributed by atoms with van der Waals surface area (Å²) in [5.74, 6) is 0. The van der Waals surface area contributed by atoms with E-state index in [0.29, 0.717) is 5.69 Å². The predicted octanol–water partition coefficient (Wildman–Crippen LogP) is 4.07. The van der Waals surface area contributed by atoms with Crippen LogP contribution in [0, 0.1) is 5.21 Å². The van der Waals surface area contributed by atoms with E-state index >= 15 is 0 Å². The Morgan fingerprint density at radius 1 is 1.00 bits per heavy atom. The molecule has 0 spiro atoms. The van der Waals surface area contributed by atoms with Gasteiger partial charge in [0.1, 0.15) is 5.01 Å². The molecule has 0 N–H and O–H groups in total. The SMILES string of the molecule is [O-][N+](=Cc1ccc(-c2nccs2)cc1)c1ccccc1. The first-order valence-electron chi connectivity index (χ1n) is 6.19. The number of hydrogen-bond acceptors (Lipinski definition) is 3. The summed E-state index contributed by atoms with van der Waals surface area (Å²) in [6, 6.07) is 16.9. The van der Waals surface area contributed by atoms with Crippen LogP contribution in [0.15, 0.2) is 66.2 Å². The summed E-state index contributed by atoms with van der Waals surface area (Å²) in [5.41, 5.74) is 2.55. The summed E-state index contributed by atoms with van der Waals surface area (Å²) in [6.45, 7) is 0. The third-order valence-corrected chi connectivity index (χ3v) is 3.69. The van der Waals surface area contributed by atoms with Crippen molar-refractivity contribution in [2.75, 3.05) is 0 Å². The van der Waals surface area contributed by atoms with Crippen molar-refractivity contribution in [1.82, 2.24) is 4.98 Å². The second-order valence-corrected chi connectivity index (χ2v) is 5.14. The minimum atomic E-state index is 0.622. The van der Waals surface area contributed by atoms with E-state index < -0.39 is 0 Å². The monoisotopic (exact) mass is 280 g/mol. The third-order valence-electron chi connectivity index (χ3n) is 2.87. The Morgan fingerprint density at radius 3 is 2.40 bits per heavy atom. The fraction of sp³-hybridized carbons (Fsp3) is 0. The van der Waals surface area contributed by atoms with Crippen molar-refractivity contribution in [2.24, 2.45) is 0 Å².